The average molecular weight is 278 g/mol. The molecular weight excluding hydrogens is 260 g/mol. The van der Waals surface area contributed by atoms with Gasteiger partial charge < -0.3 is 14.6 Å². The van der Waals surface area contributed by atoms with Gasteiger partial charge in [0.25, 0.3) is 5.91 Å². The Kier molecular flexibility index (Phi) is 4.39. The van der Waals surface area contributed by atoms with Crippen LogP contribution in [0, 0.1) is 13.8 Å². The van der Waals surface area contributed by atoms with Crippen molar-refractivity contribution in [3.8, 4) is 5.00 Å². The van der Waals surface area contributed by atoms with Crippen LogP contribution in [0.2, 0.25) is 0 Å². The number of hydrogen-bond acceptors (Lipinski definition) is 3. The first-order chi connectivity index (χ1) is 9.15. The zero-order valence-corrected chi connectivity index (χ0v) is 12.2. The van der Waals surface area contributed by atoms with Crippen molar-refractivity contribution in [2.75, 3.05) is 20.3 Å². The summed E-state index contributed by atoms with van der Waals surface area (Å²) >= 11 is 1.57. The van der Waals surface area contributed by atoms with E-state index in [1.54, 1.807) is 18.4 Å². The Bertz CT molecular complexity index is 552. The Labute approximate surface area is 117 Å². The van der Waals surface area contributed by atoms with Crippen LogP contribution in [0.25, 0.3) is 5.00 Å². The van der Waals surface area contributed by atoms with Crippen molar-refractivity contribution in [3.05, 3.63) is 40.5 Å². The van der Waals surface area contributed by atoms with E-state index < -0.39 is 0 Å². The highest BCUT2D eigenvalue weighted by atomic mass is 32.1. The molecule has 0 saturated heterocycles. The summed E-state index contributed by atoms with van der Waals surface area (Å²) in [4.78, 5) is 12.1. The predicted octanol–water partition coefficient (Wildman–Crippen LogP) is 2.53. The van der Waals surface area contributed by atoms with Crippen molar-refractivity contribution in [3.63, 3.8) is 0 Å². The first-order valence-electron chi connectivity index (χ1n) is 6.15. The number of hydrogen-bond donors (Lipinski definition) is 1. The molecule has 0 spiro atoms. The number of methoxy groups -OCH3 is 1. The van der Waals surface area contributed by atoms with Gasteiger partial charge in [0.2, 0.25) is 0 Å². The second kappa shape index (κ2) is 6.04. The average Bonchev–Trinajstić information content (AvgIpc) is 2.96. The number of carbonyl (C=O) groups excluding carboxylic acids is 1. The molecule has 102 valence electrons. The molecule has 2 aromatic rings. The van der Waals surface area contributed by atoms with Gasteiger partial charge in [-0.1, -0.05) is 0 Å². The second-order valence-corrected chi connectivity index (χ2v) is 5.23. The van der Waals surface area contributed by atoms with Crippen LogP contribution in [-0.4, -0.2) is 30.7 Å². The van der Waals surface area contributed by atoms with E-state index in [0.717, 1.165) is 16.4 Å². The molecule has 0 bridgehead atoms. The summed E-state index contributed by atoms with van der Waals surface area (Å²) in [5.74, 6) is -0.0548. The third-order valence-corrected chi connectivity index (χ3v) is 3.85. The number of thiophene rings is 1. The molecule has 2 aromatic heterocycles. The zero-order valence-electron chi connectivity index (χ0n) is 11.4. The molecule has 0 aliphatic carbocycles. The topological polar surface area (TPSA) is 43.3 Å². The molecule has 2 heterocycles. The van der Waals surface area contributed by atoms with Crippen molar-refractivity contribution >= 4 is 17.2 Å². The van der Waals surface area contributed by atoms with Crippen LogP contribution in [0.4, 0.5) is 0 Å². The molecule has 0 atom stereocenters. The summed E-state index contributed by atoms with van der Waals surface area (Å²) in [5, 5.41) is 5.77. The molecule has 0 fully saturated rings. The summed E-state index contributed by atoms with van der Waals surface area (Å²) in [6, 6.07) is 5.98. The lowest BCUT2D eigenvalue weighted by molar-refractivity contribution is 0.0937. The van der Waals surface area contributed by atoms with E-state index in [2.05, 4.69) is 22.0 Å². The molecule has 0 aliphatic heterocycles. The fourth-order valence-electron chi connectivity index (χ4n) is 2.00. The van der Waals surface area contributed by atoms with Gasteiger partial charge in [-0.3, -0.25) is 4.79 Å². The number of rotatable bonds is 5. The molecule has 2 rings (SSSR count). The lowest BCUT2D eigenvalue weighted by atomic mass is 10.3. The normalized spacial score (nSPS) is 10.7. The van der Waals surface area contributed by atoms with Gasteiger partial charge in [0.15, 0.2) is 0 Å². The highest BCUT2D eigenvalue weighted by molar-refractivity contribution is 7.13. The molecule has 0 aromatic carbocycles. The zero-order chi connectivity index (χ0) is 13.8. The Morgan fingerprint density at radius 1 is 1.32 bits per heavy atom. The number of aromatic nitrogens is 1. The largest absolute Gasteiger partial charge is 0.383 e. The SMILES string of the molecule is COCCNC(=O)c1ccsc1-n1c(C)ccc1C. The number of amides is 1. The Morgan fingerprint density at radius 2 is 2.00 bits per heavy atom. The molecule has 0 saturated carbocycles. The second-order valence-electron chi connectivity index (χ2n) is 4.34. The molecule has 5 heteroatoms. The molecule has 0 unspecified atom stereocenters. The molecule has 1 N–H and O–H groups in total. The van der Waals surface area contributed by atoms with Crippen molar-refractivity contribution < 1.29 is 9.53 Å². The van der Waals surface area contributed by atoms with Gasteiger partial charge >= 0.3 is 0 Å². The van der Waals surface area contributed by atoms with Gasteiger partial charge in [-0.2, -0.15) is 0 Å². The number of nitrogens with one attached hydrogen (secondary N) is 1. The van der Waals surface area contributed by atoms with Crippen molar-refractivity contribution in [2.24, 2.45) is 0 Å². The monoisotopic (exact) mass is 278 g/mol. The number of aryl methyl sites for hydroxylation is 2. The van der Waals surface area contributed by atoms with Crippen LogP contribution in [0.15, 0.2) is 23.6 Å². The molecule has 1 amide bonds. The van der Waals surface area contributed by atoms with Crippen LogP contribution in [0.1, 0.15) is 21.7 Å². The van der Waals surface area contributed by atoms with E-state index in [0.29, 0.717) is 18.7 Å². The minimum Gasteiger partial charge on any atom is -0.383 e. The lowest BCUT2D eigenvalue weighted by Crippen LogP contribution is -2.27. The lowest BCUT2D eigenvalue weighted by Gasteiger charge is -2.10. The van der Waals surface area contributed by atoms with Crippen LogP contribution >= 0.6 is 11.3 Å². The fourth-order valence-corrected chi connectivity index (χ4v) is 3.01. The van der Waals surface area contributed by atoms with Crippen molar-refractivity contribution in [1.29, 1.82) is 0 Å². The van der Waals surface area contributed by atoms with Crippen LogP contribution < -0.4 is 5.32 Å². The van der Waals surface area contributed by atoms with E-state index in [1.165, 1.54) is 0 Å². The molecule has 0 aliphatic rings. The predicted molar refractivity (Wildman–Crippen MR) is 77.3 cm³/mol. The van der Waals surface area contributed by atoms with Crippen molar-refractivity contribution in [2.45, 2.75) is 13.8 Å². The smallest absolute Gasteiger partial charge is 0.254 e. The van der Waals surface area contributed by atoms with Crippen LogP contribution in [0.5, 0.6) is 0 Å². The Balaban J connectivity index is 2.25. The maximum atomic E-state index is 12.1. The maximum Gasteiger partial charge on any atom is 0.254 e. The molecule has 0 radical (unpaired) electrons. The minimum atomic E-state index is -0.0548. The number of carbonyl (C=O) groups is 1. The quantitative estimate of drug-likeness (QED) is 0.854. The number of ether oxygens (including phenoxy) is 1. The maximum absolute atomic E-state index is 12.1. The van der Waals surface area contributed by atoms with E-state index in [-0.39, 0.29) is 5.91 Å². The Hall–Kier alpha value is -1.59. The van der Waals surface area contributed by atoms with E-state index >= 15 is 0 Å². The standard InChI is InChI=1S/C14H18N2O2S/c1-10-4-5-11(2)16(10)14-12(6-9-19-14)13(17)15-7-8-18-3/h4-6,9H,7-8H2,1-3H3,(H,15,17). The Morgan fingerprint density at radius 3 is 2.63 bits per heavy atom. The van der Waals surface area contributed by atoms with Gasteiger partial charge in [-0.15, -0.1) is 11.3 Å². The first-order valence-corrected chi connectivity index (χ1v) is 7.03. The molecule has 19 heavy (non-hydrogen) atoms. The summed E-state index contributed by atoms with van der Waals surface area (Å²) in [6.45, 7) is 5.12. The number of nitrogens with zero attached hydrogens (tertiary/aromatic N) is 1. The minimum absolute atomic E-state index is 0.0548. The summed E-state index contributed by atoms with van der Waals surface area (Å²) in [7, 11) is 1.62. The third kappa shape index (κ3) is 2.88. The highest BCUT2D eigenvalue weighted by Gasteiger charge is 2.16. The van der Waals surface area contributed by atoms with Gasteiger partial charge in [-0.05, 0) is 37.4 Å². The fraction of sp³-hybridized carbons (Fsp3) is 0.357. The van der Waals surface area contributed by atoms with Gasteiger partial charge in [0.1, 0.15) is 5.00 Å². The van der Waals surface area contributed by atoms with Crippen LogP contribution in [0.3, 0.4) is 0 Å². The summed E-state index contributed by atoms with van der Waals surface area (Å²) in [5.41, 5.74) is 2.97. The van der Waals surface area contributed by atoms with E-state index in [1.807, 2.05) is 25.3 Å². The summed E-state index contributed by atoms with van der Waals surface area (Å²) < 4.78 is 7.04. The van der Waals surface area contributed by atoms with Gasteiger partial charge in [0.05, 0.1) is 12.2 Å². The van der Waals surface area contributed by atoms with Gasteiger partial charge in [0, 0.05) is 25.0 Å². The first kappa shape index (κ1) is 13.8. The molecular formula is C14H18N2O2S. The van der Waals surface area contributed by atoms with E-state index in [4.69, 9.17) is 4.74 Å². The summed E-state index contributed by atoms with van der Waals surface area (Å²) in [6.07, 6.45) is 0. The highest BCUT2D eigenvalue weighted by Crippen LogP contribution is 2.25. The van der Waals surface area contributed by atoms with E-state index in [9.17, 15) is 4.79 Å². The van der Waals surface area contributed by atoms with Gasteiger partial charge in [-0.25, -0.2) is 0 Å². The third-order valence-electron chi connectivity index (χ3n) is 2.96. The van der Waals surface area contributed by atoms with Crippen molar-refractivity contribution in [1.82, 2.24) is 9.88 Å². The van der Waals surface area contributed by atoms with Crippen LogP contribution in [-0.2, 0) is 4.74 Å². The molecule has 4 nitrogen and oxygen atoms in total.